The van der Waals surface area contributed by atoms with Gasteiger partial charge in [0.1, 0.15) is 11.5 Å². The number of carbonyl (C=O) groups excluding carboxylic acids is 2. The van der Waals surface area contributed by atoms with E-state index >= 15 is 0 Å². The smallest absolute Gasteiger partial charge is 0.262 e. The number of aromatic nitrogens is 3. The lowest BCUT2D eigenvalue weighted by Crippen LogP contribution is -2.25. The minimum Gasteiger partial charge on any atom is -0.482 e. The van der Waals surface area contributed by atoms with E-state index in [1.165, 1.54) is 11.8 Å². The number of rotatable bonds is 7. The molecule has 33 heavy (non-hydrogen) atoms. The number of carbonyl (C=O) groups is 2. The van der Waals surface area contributed by atoms with Crippen LogP contribution in [-0.2, 0) is 11.3 Å². The van der Waals surface area contributed by atoms with Crippen LogP contribution in [0, 0.1) is 0 Å². The average Bonchev–Trinajstić information content (AvgIpc) is 3.48. The zero-order chi connectivity index (χ0) is 22.8. The van der Waals surface area contributed by atoms with Gasteiger partial charge >= 0.3 is 0 Å². The van der Waals surface area contributed by atoms with Gasteiger partial charge in [-0.1, -0.05) is 23.4 Å². The van der Waals surface area contributed by atoms with Gasteiger partial charge in [0, 0.05) is 16.1 Å². The van der Waals surface area contributed by atoms with Crippen molar-refractivity contribution in [2.75, 3.05) is 17.7 Å². The molecule has 8 nitrogen and oxygen atoms in total. The summed E-state index contributed by atoms with van der Waals surface area (Å²) in [4.78, 5) is 24.4. The number of fused-ring (bicyclic) bond motifs is 1. The van der Waals surface area contributed by atoms with Gasteiger partial charge in [-0.05, 0) is 54.6 Å². The van der Waals surface area contributed by atoms with Gasteiger partial charge in [-0.3, -0.25) is 14.2 Å². The summed E-state index contributed by atoms with van der Waals surface area (Å²) >= 11 is 7.31. The molecule has 166 valence electrons. The molecule has 0 unspecified atom stereocenters. The van der Waals surface area contributed by atoms with E-state index in [1.807, 2.05) is 28.8 Å². The molecule has 0 fully saturated rings. The second-order valence-electron chi connectivity index (χ2n) is 7.24. The molecule has 2 aromatic heterocycles. The zero-order valence-corrected chi connectivity index (χ0v) is 18.7. The number of Topliss-reactive ketones (excluding diaryl/α,β-unsaturated/α-hetero) is 1. The molecule has 1 aliphatic rings. The first kappa shape index (κ1) is 21.3. The number of nitrogens with one attached hydrogen (secondary N) is 1. The van der Waals surface area contributed by atoms with Crippen LogP contribution in [0.3, 0.4) is 0 Å². The number of nitrogens with zero attached hydrogens (tertiary/aromatic N) is 3. The number of amides is 1. The van der Waals surface area contributed by atoms with Gasteiger partial charge in [0.25, 0.3) is 5.91 Å². The second-order valence-corrected chi connectivity index (χ2v) is 8.62. The maximum Gasteiger partial charge on any atom is 0.262 e. The first-order valence-electron chi connectivity index (χ1n) is 10.0. The van der Waals surface area contributed by atoms with Crippen molar-refractivity contribution in [2.24, 2.45) is 0 Å². The topological polar surface area (TPSA) is 99.3 Å². The fourth-order valence-corrected chi connectivity index (χ4v) is 4.34. The molecule has 1 amide bonds. The molecule has 0 spiro atoms. The number of furan rings is 1. The summed E-state index contributed by atoms with van der Waals surface area (Å²) in [5.74, 6) is 1.72. The summed E-state index contributed by atoms with van der Waals surface area (Å²) in [7, 11) is 0. The Morgan fingerprint density at radius 3 is 2.79 bits per heavy atom. The van der Waals surface area contributed by atoms with E-state index in [1.54, 1.807) is 36.6 Å². The van der Waals surface area contributed by atoms with Crippen molar-refractivity contribution in [3.05, 3.63) is 77.2 Å². The maximum absolute atomic E-state index is 12.9. The van der Waals surface area contributed by atoms with Crippen LogP contribution in [0.5, 0.6) is 5.75 Å². The lowest BCUT2D eigenvalue weighted by Gasteiger charge is -2.18. The van der Waals surface area contributed by atoms with E-state index in [4.69, 9.17) is 20.8 Å². The van der Waals surface area contributed by atoms with Crippen molar-refractivity contribution >= 4 is 40.7 Å². The zero-order valence-electron chi connectivity index (χ0n) is 17.2. The third-order valence-corrected chi connectivity index (χ3v) is 6.20. The number of ether oxygens (including phenoxy) is 1. The van der Waals surface area contributed by atoms with Gasteiger partial charge < -0.3 is 14.5 Å². The van der Waals surface area contributed by atoms with E-state index in [2.05, 4.69) is 15.5 Å². The summed E-state index contributed by atoms with van der Waals surface area (Å²) in [6.07, 6.45) is 1.61. The summed E-state index contributed by atoms with van der Waals surface area (Å²) in [5, 5.41) is 12.6. The van der Waals surface area contributed by atoms with Crippen molar-refractivity contribution < 1.29 is 18.7 Å². The Kier molecular flexibility index (Phi) is 5.89. The van der Waals surface area contributed by atoms with Crippen LogP contribution in [0.4, 0.5) is 5.69 Å². The van der Waals surface area contributed by atoms with Crippen molar-refractivity contribution in [3.63, 3.8) is 0 Å². The van der Waals surface area contributed by atoms with E-state index < -0.39 is 0 Å². The highest BCUT2D eigenvalue weighted by atomic mass is 35.5. The fraction of sp³-hybridized carbons (Fsp3) is 0.130. The predicted octanol–water partition coefficient (Wildman–Crippen LogP) is 4.55. The number of benzene rings is 2. The standard InChI is InChI=1S/C23H17ClN4O4S/c24-16-6-3-14(4-7-16)22-26-27-23(28(22)11-17-2-1-9-31-17)33-13-19(29)15-5-8-20-18(10-15)25-21(30)12-32-20/h1-10H,11-13H2,(H,25,30). The Morgan fingerprint density at radius 2 is 2.00 bits per heavy atom. The van der Waals surface area contributed by atoms with Crippen LogP contribution in [0.25, 0.3) is 11.4 Å². The van der Waals surface area contributed by atoms with Gasteiger partial charge in [0.2, 0.25) is 0 Å². The number of hydrogen-bond acceptors (Lipinski definition) is 7. The molecule has 0 bridgehead atoms. The third kappa shape index (κ3) is 4.64. The maximum atomic E-state index is 12.9. The molecule has 1 aliphatic heterocycles. The van der Waals surface area contributed by atoms with Gasteiger partial charge in [0.05, 0.1) is 24.2 Å². The van der Waals surface area contributed by atoms with Crippen molar-refractivity contribution in [1.82, 2.24) is 14.8 Å². The third-order valence-electron chi connectivity index (χ3n) is 4.98. The van der Waals surface area contributed by atoms with E-state index in [-0.39, 0.29) is 24.1 Å². The molecule has 0 radical (unpaired) electrons. The largest absolute Gasteiger partial charge is 0.482 e. The highest BCUT2D eigenvalue weighted by Gasteiger charge is 2.20. The number of halogens is 1. The first-order valence-corrected chi connectivity index (χ1v) is 11.4. The van der Waals surface area contributed by atoms with Gasteiger partial charge in [-0.25, -0.2) is 0 Å². The lowest BCUT2D eigenvalue weighted by atomic mass is 10.1. The molecular formula is C23H17ClN4O4S. The predicted molar refractivity (Wildman–Crippen MR) is 124 cm³/mol. The Bertz CT molecular complexity index is 1320. The molecule has 0 saturated carbocycles. The van der Waals surface area contributed by atoms with Crippen LogP contribution >= 0.6 is 23.4 Å². The number of hydrogen-bond donors (Lipinski definition) is 1. The minimum absolute atomic E-state index is 0.0303. The van der Waals surface area contributed by atoms with Gasteiger partial charge in [-0.2, -0.15) is 0 Å². The summed E-state index contributed by atoms with van der Waals surface area (Å²) in [6, 6.07) is 16.0. The van der Waals surface area contributed by atoms with Crippen molar-refractivity contribution in [1.29, 1.82) is 0 Å². The van der Waals surface area contributed by atoms with E-state index in [0.717, 1.165) is 11.3 Å². The van der Waals surface area contributed by atoms with Crippen LogP contribution < -0.4 is 10.1 Å². The molecule has 0 aliphatic carbocycles. The van der Waals surface area contributed by atoms with E-state index in [0.29, 0.717) is 39.5 Å². The Hall–Kier alpha value is -3.56. The molecule has 2 aromatic carbocycles. The fourth-order valence-electron chi connectivity index (χ4n) is 3.38. The Labute approximate surface area is 197 Å². The van der Waals surface area contributed by atoms with Crippen LogP contribution in [0.15, 0.2) is 70.4 Å². The average molecular weight is 481 g/mol. The summed E-state index contributed by atoms with van der Waals surface area (Å²) in [6.45, 7) is 0.383. The molecule has 0 atom stereocenters. The Morgan fingerprint density at radius 1 is 1.15 bits per heavy atom. The highest BCUT2D eigenvalue weighted by molar-refractivity contribution is 7.99. The van der Waals surface area contributed by atoms with Gasteiger partial charge in [0.15, 0.2) is 23.4 Å². The first-order chi connectivity index (χ1) is 16.1. The Balaban J connectivity index is 1.38. The van der Waals surface area contributed by atoms with Gasteiger partial charge in [-0.15, -0.1) is 10.2 Å². The monoisotopic (exact) mass is 480 g/mol. The number of ketones is 1. The normalized spacial score (nSPS) is 12.7. The van der Waals surface area contributed by atoms with Crippen LogP contribution in [0.2, 0.25) is 5.02 Å². The van der Waals surface area contributed by atoms with Crippen molar-refractivity contribution in [3.8, 4) is 17.1 Å². The van der Waals surface area contributed by atoms with Crippen molar-refractivity contribution in [2.45, 2.75) is 11.7 Å². The molecule has 5 rings (SSSR count). The molecule has 10 heteroatoms. The van der Waals surface area contributed by atoms with Crippen LogP contribution in [0.1, 0.15) is 16.1 Å². The highest BCUT2D eigenvalue weighted by Crippen LogP contribution is 2.30. The van der Waals surface area contributed by atoms with Crippen LogP contribution in [-0.4, -0.2) is 38.8 Å². The number of thioether (sulfide) groups is 1. The lowest BCUT2D eigenvalue weighted by molar-refractivity contribution is -0.118. The molecule has 0 saturated heterocycles. The molecular weight excluding hydrogens is 464 g/mol. The minimum atomic E-state index is -0.248. The molecule has 3 heterocycles. The van der Waals surface area contributed by atoms with E-state index in [9.17, 15) is 9.59 Å². The quantitative estimate of drug-likeness (QED) is 0.306. The number of anilines is 1. The second kappa shape index (κ2) is 9.13. The molecule has 4 aromatic rings. The summed E-state index contributed by atoms with van der Waals surface area (Å²) in [5.41, 5.74) is 1.82. The molecule has 1 N–H and O–H groups in total. The summed E-state index contributed by atoms with van der Waals surface area (Å²) < 4.78 is 12.8. The SMILES string of the molecule is O=C1COc2ccc(C(=O)CSc3nnc(-c4ccc(Cl)cc4)n3Cc3ccco3)cc2N1.